The van der Waals surface area contributed by atoms with Gasteiger partial charge in [-0.1, -0.05) is 19.1 Å². The van der Waals surface area contributed by atoms with E-state index in [2.05, 4.69) is 36.5 Å². The number of benzene rings is 1. The molecule has 1 aromatic carbocycles. The number of ether oxygens (including phenoxy) is 1. The lowest BCUT2D eigenvalue weighted by Gasteiger charge is -2.29. The van der Waals surface area contributed by atoms with E-state index in [9.17, 15) is 0 Å². The number of aryl methyl sites for hydroxylation is 1. The summed E-state index contributed by atoms with van der Waals surface area (Å²) in [7, 11) is 1.82. The van der Waals surface area contributed by atoms with Crippen molar-refractivity contribution in [3.8, 4) is 0 Å². The van der Waals surface area contributed by atoms with Gasteiger partial charge in [0.15, 0.2) is 0 Å². The summed E-state index contributed by atoms with van der Waals surface area (Å²) in [6, 6.07) is 9.38. The average molecular weight is 233 g/mol. The van der Waals surface area contributed by atoms with Gasteiger partial charge in [0.05, 0.1) is 6.10 Å². The smallest absolute Gasteiger partial charge is 0.0572 e. The predicted octanol–water partition coefficient (Wildman–Crippen LogP) is 3.62. The molecule has 0 spiro atoms. The fourth-order valence-electron chi connectivity index (χ4n) is 2.56. The largest absolute Gasteiger partial charge is 0.382 e. The van der Waals surface area contributed by atoms with Crippen LogP contribution < -0.4 is 5.32 Å². The van der Waals surface area contributed by atoms with E-state index in [-0.39, 0.29) is 0 Å². The lowest BCUT2D eigenvalue weighted by Crippen LogP contribution is -2.29. The Labute approximate surface area is 104 Å². The standard InChI is InChI=1S/C15H23NO/c1-3-12-5-4-6-14(11-12)16-13-7-9-15(17-2)10-8-13/h4-6,11,13,15-16H,3,7-10H2,1-2H3. The van der Waals surface area contributed by atoms with Gasteiger partial charge < -0.3 is 10.1 Å². The maximum atomic E-state index is 5.40. The Kier molecular flexibility index (Phi) is 4.43. The van der Waals surface area contributed by atoms with Gasteiger partial charge in [0.25, 0.3) is 0 Å². The summed E-state index contributed by atoms with van der Waals surface area (Å²) >= 11 is 0. The highest BCUT2D eigenvalue weighted by Gasteiger charge is 2.20. The molecule has 0 aliphatic heterocycles. The van der Waals surface area contributed by atoms with Crippen LogP contribution in [-0.2, 0) is 11.2 Å². The zero-order valence-electron chi connectivity index (χ0n) is 10.9. The van der Waals surface area contributed by atoms with Crippen molar-refractivity contribution in [1.29, 1.82) is 0 Å². The maximum absolute atomic E-state index is 5.40. The highest BCUT2D eigenvalue weighted by Crippen LogP contribution is 2.24. The lowest BCUT2D eigenvalue weighted by molar-refractivity contribution is 0.0682. The fourth-order valence-corrected chi connectivity index (χ4v) is 2.56. The number of hydrogen-bond donors (Lipinski definition) is 1. The molecule has 0 radical (unpaired) electrons. The van der Waals surface area contributed by atoms with Gasteiger partial charge >= 0.3 is 0 Å². The SMILES string of the molecule is CCc1cccc(NC2CCC(OC)CC2)c1. The molecule has 1 N–H and O–H groups in total. The molecule has 94 valence electrons. The summed E-state index contributed by atoms with van der Waals surface area (Å²) in [5.41, 5.74) is 2.67. The van der Waals surface area contributed by atoms with Crippen LogP contribution in [0.3, 0.4) is 0 Å². The molecular weight excluding hydrogens is 210 g/mol. The summed E-state index contributed by atoms with van der Waals surface area (Å²) in [6.07, 6.45) is 6.38. The van der Waals surface area contributed by atoms with Crippen LogP contribution in [0.1, 0.15) is 38.2 Å². The zero-order valence-corrected chi connectivity index (χ0v) is 10.9. The third kappa shape index (κ3) is 3.47. The molecule has 0 atom stereocenters. The third-order valence-corrected chi connectivity index (χ3v) is 3.71. The Balaban J connectivity index is 1.88. The number of methoxy groups -OCH3 is 1. The van der Waals surface area contributed by atoms with Crippen molar-refractivity contribution in [2.24, 2.45) is 0 Å². The van der Waals surface area contributed by atoms with Crippen molar-refractivity contribution >= 4 is 5.69 Å². The third-order valence-electron chi connectivity index (χ3n) is 3.71. The molecule has 17 heavy (non-hydrogen) atoms. The van der Waals surface area contributed by atoms with Crippen LogP contribution >= 0.6 is 0 Å². The van der Waals surface area contributed by atoms with Crippen LogP contribution in [0, 0.1) is 0 Å². The van der Waals surface area contributed by atoms with Gasteiger partial charge in [-0.15, -0.1) is 0 Å². The predicted molar refractivity (Wildman–Crippen MR) is 72.5 cm³/mol. The second-order valence-corrected chi connectivity index (χ2v) is 4.91. The van der Waals surface area contributed by atoms with Crippen molar-refractivity contribution in [2.45, 2.75) is 51.2 Å². The lowest BCUT2D eigenvalue weighted by atomic mass is 9.92. The van der Waals surface area contributed by atoms with E-state index in [1.807, 2.05) is 7.11 Å². The summed E-state index contributed by atoms with van der Waals surface area (Å²) < 4.78 is 5.40. The second kappa shape index (κ2) is 6.06. The quantitative estimate of drug-likeness (QED) is 0.857. The Morgan fingerprint density at radius 2 is 2.00 bits per heavy atom. The molecule has 0 unspecified atom stereocenters. The Morgan fingerprint density at radius 1 is 1.24 bits per heavy atom. The van der Waals surface area contributed by atoms with Crippen molar-refractivity contribution in [1.82, 2.24) is 0 Å². The van der Waals surface area contributed by atoms with Crippen LogP contribution in [0.25, 0.3) is 0 Å². The Morgan fingerprint density at radius 3 is 2.65 bits per heavy atom. The summed E-state index contributed by atoms with van der Waals surface area (Å²) in [5.74, 6) is 0. The van der Waals surface area contributed by atoms with Crippen LogP contribution in [0.2, 0.25) is 0 Å². The first-order valence-corrected chi connectivity index (χ1v) is 6.70. The first kappa shape index (κ1) is 12.4. The molecule has 2 heteroatoms. The van der Waals surface area contributed by atoms with Gasteiger partial charge in [-0.3, -0.25) is 0 Å². The van der Waals surface area contributed by atoms with E-state index in [1.54, 1.807) is 0 Å². The molecule has 0 bridgehead atoms. The van der Waals surface area contributed by atoms with Gasteiger partial charge in [-0.05, 0) is 49.8 Å². The molecule has 0 aromatic heterocycles. The molecule has 1 aliphatic carbocycles. The number of nitrogens with one attached hydrogen (secondary N) is 1. The van der Waals surface area contributed by atoms with Crippen LogP contribution in [0.5, 0.6) is 0 Å². The van der Waals surface area contributed by atoms with E-state index in [4.69, 9.17) is 4.74 Å². The molecule has 2 nitrogen and oxygen atoms in total. The van der Waals surface area contributed by atoms with Crippen molar-refractivity contribution in [3.05, 3.63) is 29.8 Å². The monoisotopic (exact) mass is 233 g/mol. The molecule has 0 amide bonds. The van der Waals surface area contributed by atoms with Gasteiger partial charge in [-0.2, -0.15) is 0 Å². The Bertz CT molecular complexity index is 343. The summed E-state index contributed by atoms with van der Waals surface area (Å²) in [5, 5.41) is 3.64. The van der Waals surface area contributed by atoms with E-state index < -0.39 is 0 Å². The van der Waals surface area contributed by atoms with Crippen LogP contribution in [0.4, 0.5) is 5.69 Å². The first-order valence-electron chi connectivity index (χ1n) is 6.70. The van der Waals surface area contributed by atoms with Gasteiger partial charge in [-0.25, -0.2) is 0 Å². The molecule has 1 saturated carbocycles. The van der Waals surface area contributed by atoms with Crippen molar-refractivity contribution in [3.63, 3.8) is 0 Å². The molecule has 1 fully saturated rings. The minimum atomic E-state index is 0.482. The van der Waals surface area contributed by atoms with Gasteiger partial charge in [0.2, 0.25) is 0 Å². The summed E-state index contributed by atoms with van der Waals surface area (Å²) in [6.45, 7) is 2.20. The second-order valence-electron chi connectivity index (χ2n) is 4.91. The Hall–Kier alpha value is -1.02. The highest BCUT2D eigenvalue weighted by atomic mass is 16.5. The fraction of sp³-hybridized carbons (Fsp3) is 0.600. The molecule has 0 heterocycles. The van der Waals surface area contributed by atoms with Crippen LogP contribution in [0.15, 0.2) is 24.3 Å². The highest BCUT2D eigenvalue weighted by molar-refractivity contribution is 5.46. The zero-order chi connectivity index (χ0) is 12.1. The van der Waals surface area contributed by atoms with Gasteiger partial charge in [0, 0.05) is 18.8 Å². The number of rotatable bonds is 4. The van der Waals surface area contributed by atoms with Crippen molar-refractivity contribution < 1.29 is 4.74 Å². The van der Waals surface area contributed by atoms with Crippen LogP contribution in [-0.4, -0.2) is 19.3 Å². The minimum Gasteiger partial charge on any atom is -0.382 e. The minimum absolute atomic E-state index is 0.482. The van der Waals surface area contributed by atoms with E-state index >= 15 is 0 Å². The van der Waals surface area contributed by atoms with Crippen molar-refractivity contribution in [2.75, 3.05) is 12.4 Å². The first-order chi connectivity index (χ1) is 8.31. The molecule has 0 saturated heterocycles. The van der Waals surface area contributed by atoms with E-state index in [1.165, 1.54) is 36.9 Å². The van der Waals surface area contributed by atoms with Gasteiger partial charge in [0.1, 0.15) is 0 Å². The average Bonchev–Trinajstić information content (AvgIpc) is 2.40. The van der Waals surface area contributed by atoms with E-state index in [0.717, 1.165) is 6.42 Å². The van der Waals surface area contributed by atoms with E-state index in [0.29, 0.717) is 12.1 Å². The topological polar surface area (TPSA) is 21.3 Å². The number of anilines is 1. The molecule has 2 rings (SSSR count). The molecule has 1 aliphatic rings. The summed E-state index contributed by atoms with van der Waals surface area (Å²) in [4.78, 5) is 0. The maximum Gasteiger partial charge on any atom is 0.0572 e. The molecular formula is C15H23NO. The number of hydrogen-bond acceptors (Lipinski definition) is 2. The molecule has 1 aromatic rings. The normalized spacial score (nSPS) is 24.6.